The highest BCUT2D eigenvalue weighted by Gasteiger charge is 2.29. The predicted octanol–water partition coefficient (Wildman–Crippen LogP) is 2.65. The Hall–Kier alpha value is -0.500. The van der Waals surface area contributed by atoms with Crippen molar-refractivity contribution in [1.82, 2.24) is 0 Å². The lowest BCUT2D eigenvalue weighted by Crippen LogP contribution is -2.23. The van der Waals surface area contributed by atoms with E-state index in [0.717, 1.165) is 0 Å². The first-order valence-electron chi connectivity index (χ1n) is 4.34. The number of hydrogen-bond acceptors (Lipinski definition) is 2. The Morgan fingerprint density at radius 1 is 1.50 bits per heavy atom. The standard InChI is InChI=1S/C10H13NS/c1-7(2)8-4-3-5-9-10(8)11-6-12-9/h3-7,9-10H,1-2H3. The van der Waals surface area contributed by atoms with Crippen LogP contribution in [0, 0.1) is 5.92 Å². The smallest absolute Gasteiger partial charge is 0.0878 e. The van der Waals surface area contributed by atoms with Gasteiger partial charge in [-0.2, -0.15) is 0 Å². The van der Waals surface area contributed by atoms with Crippen molar-refractivity contribution in [2.45, 2.75) is 25.1 Å². The molecule has 0 spiro atoms. The van der Waals surface area contributed by atoms with E-state index in [4.69, 9.17) is 0 Å². The molecule has 12 heavy (non-hydrogen) atoms. The van der Waals surface area contributed by atoms with Gasteiger partial charge in [0.05, 0.1) is 16.8 Å². The molecule has 0 aromatic heterocycles. The molecule has 2 heteroatoms. The molecular formula is C10H13NS. The SMILES string of the molecule is CC(C)C1=CC=CC2SC=NC12. The van der Waals surface area contributed by atoms with Crippen LogP contribution >= 0.6 is 11.8 Å². The molecule has 0 saturated heterocycles. The van der Waals surface area contributed by atoms with E-state index >= 15 is 0 Å². The number of thioether (sulfide) groups is 1. The average molecular weight is 179 g/mol. The van der Waals surface area contributed by atoms with E-state index in [1.807, 2.05) is 17.3 Å². The maximum absolute atomic E-state index is 4.48. The summed E-state index contributed by atoms with van der Waals surface area (Å²) in [6, 6.07) is 0.431. The summed E-state index contributed by atoms with van der Waals surface area (Å²) in [6.45, 7) is 4.47. The second-order valence-electron chi connectivity index (χ2n) is 3.51. The summed E-state index contributed by atoms with van der Waals surface area (Å²) in [6.07, 6.45) is 6.63. The highest BCUT2D eigenvalue weighted by molar-refractivity contribution is 8.13. The molecule has 0 fully saturated rings. The zero-order valence-electron chi connectivity index (χ0n) is 7.40. The molecule has 64 valence electrons. The molecule has 2 unspecified atom stereocenters. The summed E-state index contributed by atoms with van der Waals surface area (Å²) in [5.41, 5.74) is 3.46. The maximum atomic E-state index is 4.48. The van der Waals surface area contributed by atoms with Gasteiger partial charge in [-0.3, -0.25) is 4.99 Å². The molecule has 0 saturated carbocycles. The molecular weight excluding hydrogens is 166 g/mol. The van der Waals surface area contributed by atoms with Crippen molar-refractivity contribution in [2.75, 3.05) is 0 Å². The van der Waals surface area contributed by atoms with E-state index in [9.17, 15) is 0 Å². The predicted molar refractivity (Wildman–Crippen MR) is 55.7 cm³/mol. The zero-order chi connectivity index (χ0) is 8.55. The van der Waals surface area contributed by atoms with Crippen LogP contribution in [0.4, 0.5) is 0 Å². The van der Waals surface area contributed by atoms with Gasteiger partial charge in [-0.15, -0.1) is 11.8 Å². The summed E-state index contributed by atoms with van der Waals surface area (Å²) >= 11 is 1.83. The van der Waals surface area contributed by atoms with Gasteiger partial charge in [-0.1, -0.05) is 32.1 Å². The van der Waals surface area contributed by atoms with Gasteiger partial charge in [0.1, 0.15) is 0 Å². The molecule has 1 aliphatic carbocycles. The van der Waals surface area contributed by atoms with Crippen molar-refractivity contribution >= 4 is 17.3 Å². The Morgan fingerprint density at radius 3 is 3.08 bits per heavy atom. The third-order valence-electron chi connectivity index (χ3n) is 2.35. The summed E-state index contributed by atoms with van der Waals surface area (Å²) in [5, 5.41) is 0.576. The summed E-state index contributed by atoms with van der Waals surface area (Å²) in [7, 11) is 0. The normalized spacial score (nSPS) is 32.4. The van der Waals surface area contributed by atoms with E-state index < -0.39 is 0 Å². The highest BCUT2D eigenvalue weighted by Crippen LogP contribution is 2.33. The lowest BCUT2D eigenvalue weighted by atomic mass is 9.90. The maximum Gasteiger partial charge on any atom is 0.0878 e. The van der Waals surface area contributed by atoms with Gasteiger partial charge in [0.15, 0.2) is 0 Å². The van der Waals surface area contributed by atoms with Gasteiger partial charge in [0, 0.05) is 0 Å². The van der Waals surface area contributed by atoms with Crippen LogP contribution in [-0.2, 0) is 0 Å². The molecule has 0 amide bonds. The van der Waals surface area contributed by atoms with Crippen LogP contribution in [0.2, 0.25) is 0 Å². The highest BCUT2D eigenvalue weighted by atomic mass is 32.2. The van der Waals surface area contributed by atoms with Crippen LogP contribution in [-0.4, -0.2) is 16.8 Å². The van der Waals surface area contributed by atoms with Crippen molar-refractivity contribution in [3.05, 3.63) is 23.8 Å². The van der Waals surface area contributed by atoms with Gasteiger partial charge in [0.2, 0.25) is 0 Å². The van der Waals surface area contributed by atoms with Gasteiger partial charge < -0.3 is 0 Å². The molecule has 0 bridgehead atoms. The number of aliphatic imine (C=N–C) groups is 1. The zero-order valence-corrected chi connectivity index (χ0v) is 8.21. The Kier molecular flexibility index (Phi) is 2.09. The Balaban J connectivity index is 2.26. The Morgan fingerprint density at radius 2 is 2.33 bits per heavy atom. The molecule has 0 aromatic carbocycles. The molecule has 1 nitrogen and oxygen atoms in total. The van der Waals surface area contributed by atoms with Crippen molar-refractivity contribution in [2.24, 2.45) is 10.9 Å². The summed E-state index contributed by atoms with van der Waals surface area (Å²) < 4.78 is 0. The molecule has 1 aliphatic heterocycles. The summed E-state index contributed by atoms with van der Waals surface area (Å²) in [5.74, 6) is 0.623. The number of fused-ring (bicyclic) bond motifs is 1. The molecule has 0 radical (unpaired) electrons. The van der Waals surface area contributed by atoms with Gasteiger partial charge in [-0.05, 0) is 11.5 Å². The van der Waals surface area contributed by atoms with Crippen molar-refractivity contribution < 1.29 is 0 Å². The van der Waals surface area contributed by atoms with Crippen molar-refractivity contribution in [3.63, 3.8) is 0 Å². The molecule has 0 N–H and O–H groups in total. The lowest BCUT2D eigenvalue weighted by Gasteiger charge is -2.23. The van der Waals surface area contributed by atoms with E-state index in [0.29, 0.717) is 17.2 Å². The molecule has 2 atom stereocenters. The van der Waals surface area contributed by atoms with Gasteiger partial charge >= 0.3 is 0 Å². The molecule has 1 heterocycles. The Bertz CT molecular complexity index is 263. The number of allylic oxidation sites excluding steroid dienone is 2. The fraction of sp³-hybridized carbons (Fsp3) is 0.500. The molecule has 2 aliphatic rings. The fourth-order valence-electron chi connectivity index (χ4n) is 1.67. The minimum absolute atomic E-state index is 0.431. The van der Waals surface area contributed by atoms with E-state index in [1.165, 1.54) is 5.57 Å². The second kappa shape index (κ2) is 3.09. The molecule has 2 rings (SSSR count). The van der Waals surface area contributed by atoms with Crippen LogP contribution in [0.5, 0.6) is 0 Å². The minimum Gasteiger partial charge on any atom is -0.277 e. The van der Waals surface area contributed by atoms with Crippen LogP contribution < -0.4 is 0 Å². The van der Waals surface area contributed by atoms with Crippen molar-refractivity contribution in [3.8, 4) is 0 Å². The number of rotatable bonds is 1. The van der Waals surface area contributed by atoms with E-state index in [-0.39, 0.29) is 0 Å². The third kappa shape index (κ3) is 1.24. The minimum atomic E-state index is 0.431. The van der Waals surface area contributed by atoms with Gasteiger partial charge in [0.25, 0.3) is 0 Å². The third-order valence-corrected chi connectivity index (χ3v) is 3.32. The van der Waals surface area contributed by atoms with Crippen LogP contribution in [0.25, 0.3) is 0 Å². The topological polar surface area (TPSA) is 12.4 Å². The largest absolute Gasteiger partial charge is 0.277 e. The van der Waals surface area contributed by atoms with Crippen LogP contribution in [0.1, 0.15) is 13.8 Å². The van der Waals surface area contributed by atoms with E-state index in [2.05, 4.69) is 37.1 Å². The van der Waals surface area contributed by atoms with Crippen molar-refractivity contribution in [1.29, 1.82) is 0 Å². The first kappa shape index (κ1) is 8.11. The van der Waals surface area contributed by atoms with Crippen LogP contribution in [0.3, 0.4) is 0 Å². The first-order valence-corrected chi connectivity index (χ1v) is 5.28. The molecule has 0 aromatic rings. The lowest BCUT2D eigenvalue weighted by molar-refractivity contribution is 0.656. The first-order chi connectivity index (χ1) is 5.79. The van der Waals surface area contributed by atoms with Crippen LogP contribution in [0.15, 0.2) is 28.8 Å². The average Bonchev–Trinajstić information content (AvgIpc) is 2.49. The fourth-order valence-corrected chi connectivity index (χ4v) is 2.56. The quantitative estimate of drug-likeness (QED) is 0.603. The number of nitrogens with zero attached hydrogens (tertiary/aromatic N) is 1. The summed E-state index contributed by atoms with van der Waals surface area (Å²) in [4.78, 5) is 4.48. The Labute approximate surface area is 77.7 Å². The number of hydrogen-bond donors (Lipinski definition) is 0. The van der Waals surface area contributed by atoms with E-state index in [1.54, 1.807) is 0 Å². The second-order valence-corrected chi connectivity index (χ2v) is 4.53. The monoisotopic (exact) mass is 179 g/mol. The van der Waals surface area contributed by atoms with Gasteiger partial charge in [-0.25, -0.2) is 0 Å².